The molecule has 1 saturated heterocycles. The summed E-state index contributed by atoms with van der Waals surface area (Å²) in [4.78, 5) is 25.9. The Morgan fingerprint density at radius 2 is 1.64 bits per heavy atom. The second kappa shape index (κ2) is 8.14. The van der Waals surface area contributed by atoms with Gasteiger partial charge in [0, 0.05) is 17.7 Å². The fourth-order valence-electron chi connectivity index (χ4n) is 4.74. The number of benzene rings is 2. The molecular formula is C25H17F6NO4. The van der Waals surface area contributed by atoms with Crippen molar-refractivity contribution in [1.29, 1.82) is 0 Å². The smallest absolute Gasteiger partial charge is 0.416 e. The van der Waals surface area contributed by atoms with Gasteiger partial charge in [0.15, 0.2) is 6.23 Å². The fraction of sp³-hybridized carbons (Fsp3) is 0.280. The number of anilines is 1. The summed E-state index contributed by atoms with van der Waals surface area (Å²) in [5, 5.41) is 0. The van der Waals surface area contributed by atoms with Gasteiger partial charge in [-0.25, -0.2) is 4.79 Å². The van der Waals surface area contributed by atoms with Crippen LogP contribution in [0.15, 0.2) is 65.9 Å². The van der Waals surface area contributed by atoms with Gasteiger partial charge in [-0.15, -0.1) is 0 Å². The molecule has 1 amide bonds. The van der Waals surface area contributed by atoms with E-state index in [0.29, 0.717) is 23.5 Å². The van der Waals surface area contributed by atoms with Crippen LogP contribution >= 0.6 is 0 Å². The van der Waals surface area contributed by atoms with Gasteiger partial charge in [0.2, 0.25) is 0 Å². The Morgan fingerprint density at radius 3 is 2.28 bits per heavy atom. The van der Waals surface area contributed by atoms with E-state index >= 15 is 0 Å². The molecule has 36 heavy (non-hydrogen) atoms. The minimum Gasteiger partial charge on any atom is -0.473 e. The van der Waals surface area contributed by atoms with Gasteiger partial charge in [0.05, 0.1) is 28.9 Å². The number of rotatable bonds is 3. The van der Waals surface area contributed by atoms with Crippen molar-refractivity contribution in [2.75, 3.05) is 4.90 Å². The van der Waals surface area contributed by atoms with Crippen LogP contribution in [0.1, 0.15) is 35.1 Å². The minimum absolute atomic E-state index is 0.0195. The number of nitrogens with zero attached hydrogens (tertiary/aromatic N) is 1. The van der Waals surface area contributed by atoms with Gasteiger partial charge in [0.1, 0.15) is 6.10 Å². The van der Waals surface area contributed by atoms with Crippen LogP contribution in [0.5, 0.6) is 0 Å². The number of alkyl halides is 6. The van der Waals surface area contributed by atoms with Crippen molar-refractivity contribution in [3.05, 3.63) is 88.2 Å². The van der Waals surface area contributed by atoms with Gasteiger partial charge in [-0.1, -0.05) is 24.3 Å². The highest BCUT2D eigenvalue weighted by atomic mass is 19.4. The number of halogens is 6. The summed E-state index contributed by atoms with van der Waals surface area (Å²) >= 11 is 0. The van der Waals surface area contributed by atoms with E-state index in [9.17, 15) is 35.9 Å². The molecule has 0 spiro atoms. The predicted molar refractivity (Wildman–Crippen MR) is 113 cm³/mol. The maximum absolute atomic E-state index is 13.4. The summed E-state index contributed by atoms with van der Waals surface area (Å²) in [6, 6.07) is 8.28. The number of carbonyl (C=O) groups excluding carboxylic acids is 2. The molecule has 1 unspecified atom stereocenters. The van der Waals surface area contributed by atoms with Crippen LogP contribution in [0.4, 0.5) is 32.0 Å². The molecule has 3 aliphatic rings. The van der Waals surface area contributed by atoms with Crippen LogP contribution in [0, 0.1) is 0 Å². The van der Waals surface area contributed by atoms with E-state index in [1.54, 1.807) is 6.07 Å². The Kier molecular flexibility index (Phi) is 5.42. The fourth-order valence-corrected chi connectivity index (χ4v) is 4.74. The third-order valence-corrected chi connectivity index (χ3v) is 6.40. The second-order valence-electron chi connectivity index (χ2n) is 8.71. The largest absolute Gasteiger partial charge is 0.473 e. The van der Waals surface area contributed by atoms with Crippen molar-refractivity contribution >= 4 is 17.6 Å². The van der Waals surface area contributed by atoms with Crippen molar-refractivity contribution in [2.45, 2.75) is 43.9 Å². The predicted octanol–water partition coefficient (Wildman–Crippen LogP) is 5.51. The first kappa shape index (κ1) is 24.0. The second-order valence-corrected chi connectivity index (χ2v) is 8.71. The molecular weight excluding hydrogens is 492 g/mol. The van der Waals surface area contributed by atoms with Crippen molar-refractivity contribution < 1.29 is 45.4 Å². The lowest BCUT2D eigenvalue weighted by molar-refractivity contribution is -0.143. The van der Waals surface area contributed by atoms with E-state index in [-0.39, 0.29) is 17.2 Å². The van der Waals surface area contributed by atoms with Crippen LogP contribution < -0.4 is 4.90 Å². The highest BCUT2D eigenvalue weighted by Crippen LogP contribution is 2.45. The normalized spacial score (nSPS) is 24.6. The number of hydrogen-bond donors (Lipinski definition) is 0. The lowest BCUT2D eigenvalue weighted by Gasteiger charge is -2.26. The third-order valence-electron chi connectivity index (χ3n) is 6.40. The van der Waals surface area contributed by atoms with Gasteiger partial charge in [-0.3, -0.25) is 9.69 Å². The van der Waals surface area contributed by atoms with E-state index in [0.717, 1.165) is 17.4 Å². The number of amides is 1. The van der Waals surface area contributed by atoms with Gasteiger partial charge >= 0.3 is 18.3 Å². The van der Waals surface area contributed by atoms with E-state index < -0.39 is 59.3 Å². The molecule has 0 radical (unpaired) electrons. The highest BCUT2D eigenvalue weighted by molar-refractivity contribution is 6.08. The number of esters is 1. The third kappa shape index (κ3) is 4.02. The van der Waals surface area contributed by atoms with Crippen LogP contribution in [-0.4, -0.2) is 24.2 Å². The average Bonchev–Trinajstić information content (AvgIpc) is 3.39. The molecule has 11 heteroatoms. The Labute approximate surface area is 200 Å². The molecule has 0 bridgehead atoms. The SMILES string of the molecule is CC1=CC(O/C=C2/C(=O)O[C@@H]3Cc4ccccc4[C@H]23)N(c2cc(C(F)(F)F)cc(C(F)(F)F)c2)C1=O. The lowest BCUT2D eigenvalue weighted by atomic mass is 9.94. The number of ether oxygens (including phenoxy) is 2. The zero-order valence-electron chi connectivity index (χ0n) is 18.5. The summed E-state index contributed by atoms with van der Waals surface area (Å²) in [6.45, 7) is 1.36. The van der Waals surface area contributed by atoms with Crippen LogP contribution in [0.25, 0.3) is 0 Å². The molecule has 5 nitrogen and oxygen atoms in total. The summed E-state index contributed by atoms with van der Waals surface area (Å²) < 4.78 is 91.2. The average molecular weight is 509 g/mol. The van der Waals surface area contributed by atoms with E-state index in [4.69, 9.17) is 9.47 Å². The van der Waals surface area contributed by atoms with Gasteiger partial charge in [0.25, 0.3) is 5.91 Å². The quantitative estimate of drug-likeness (QED) is 0.237. The molecule has 0 aromatic heterocycles. The van der Waals surface area contributed by atoms with Crippen molar-refractivity contribution in [3.8, 4) is 0 Å². The summed E-state index contributed by atoms with van der Waals surface area (Å²) in [5.41, 5.74) is -1.71. The van der Waals surface area contributed by atoms with Crippen molar-refractivity contribution in [2.24, 2.45) is 0 Å². The van der Waals surface area contributed by atoms with Crippen LogP contribution in [0.2, 0.25) is 0 Å². The van der Waals surface area contributed by atoms with Gasteiger partial charge in [-0.2, -0.15) is 26.3 Å². The maximum atomic E-state index is 13.4. The van der Waals surface area contributed by atoms with Gasteiger partial charge < -0.3 is 9.47 Å². The molecule has 2 aromatic rings. The van der Waals surface area contributed by atoms with Gasteiger partial charge in [-0.05, 0) is 42.3 Å². The molecule has 2 heterocycles. The van der Waals surface area contributed by atoms with Crippen LogP contribution in [-0.2, 0) is 37.8 Å². The number of carbonyl (C=O) groups is 2. The zero-order chi connectivity index (χ0) is 26.0. The maximum Gasteiger partial charge on any atom is 0.416 e. The Bertz CT molecular complexity index is 1290. The molecule has 5 rings (SSSR count). The van der Waals surface area contributed by atoms with Crippen LogP contribution in [0.3, 0.4) is 0 Å². The first-order chi connectivity index (χ1) is 16.8. The highest BCUT2D eigenvalue weighted by Gasteiger charge is 2.47. The molecule has 2 aromatic carbocycles. The Hall–Kier alpha value is -3.76. The monoisotopic (exact) mass is 509 g/mol. The van der Waals surface area contributed by atoms with E-state index in [2.05, 4.69) is 0 Å². The van der Waals surface area contributed by atoms with Crippen molar-refractivity contribution in [1.82, 2.24) is 0 Å². The minimum atomic E-state index is -5.09. The molecule has 0 N–H and O–H groups in total. The lowest BCUT2D eigenvalue weighted by Crippen LogP contribution is -2.36. The Morgan fingerprint density at radius 1 is 1.00 bits per heavy atom. The topological polar surface area (TPSA) is 55.8 Å². The molecule has 1 fully saturated rings. The molecule has 3 atom stereocenters. The molecule has 1 aliphatic carbocycles. The standard InChI is InChI=1S/C25H17F6NO4/c1-12-6-20(35-11-18-21-17-5-3-2-4-13(17)7-19(21)36-23(18)34)32(22(12)33)16-9-14(24(26,27)28)8-15(10-16)25(29,30)31/h2-6,8-11,19-21H,7H2,1H3/b18-11+/t19-,20?,21-/m1/s1. The summed E-state index contributed by atoms with van der Waals surface area (Å²) in [5.74, 6) is -1.91. The summed E-state index contributed by atoms with van der Waals surface area (Å²) in [6.07, 6.45) is -9.16. The van der Waals surface area contributed by atoms with E-state index in [1.807, 2.05) is 18.2 Å². The molecule has 2 aliphatic heterocycles. The van der Waals surface area contributed by atoms with E-state index in [1.165, 1.54) is 13.0 Å². The number of fused-ring (bicyclic) bond motifs is 3. The first-order valence-electron chi connectivity index (χ1n) is 10.8. The summed E-state index contributed by atoms with van der Waals surface area (Å²) in [7, 11) is 0. The van der Waals surface area contributed by atoms with Crippen molar-refractivity contribution in [3.63, 3.8) is 0 Å². The molecule has 0 saturated carbocycles. The first-order valence-corrected chi connectivity index (χ1v) is 10.8. The number of hydrogen-bond acceptors (Lipinski definition) is 4. The Balaban J connectivity index is 1.51. The molecule has 188 valence electrons. The zero-order valence-corrected chi connectivity index (χ0v) is 18.5.